The van der Waals surface area contributed by atoms with Gasteiger partial charge in [-0.15, -0.1) is 11.3 Å². The van der Waals surface area contributed by atoms with E-state index >= 15 is 0 Å². The lowest BCUT2D eigenvalue weighted by atomic mass is 10.1. The summed E-state index contributed by atoms with van der Waals surface area (Å²) in [7, 11) is 0. The van der Waals surface area contributed by atoms with Gasteiger partial charge in [0, 0.05) is 46.9 Å². The van der Waals surface area contributed by atoms with Gasteiger partial charge in [0.15, 0.2) is 5.65 Å². The van der Waals surface area contributed by atoms with Gasteiger partial charge in [0.25, 0.3) is 5.91 Å². The maximum atomic E-state index is 12.3. The summed E-state index contributed by atoms with van der Waals surface area (Å²) < 4.78 is 38.6. The third-order valence-electron chi connectivity index (χ3n) is 4.67. The van der Waals surface area contributed by atoms with Crippen molar-refractivity contribution in [3.63, 3.8) is 0 Å². The molecule has 0 aliphatic carbocycles. The minimum absolute atomic E-state index is 0.182. The van der Waals surface area contributed by atoms with Crippen molar-refractivity contribution in [1.29, 1.82) is 0 Å². The van der Waals surface area contributed by atoms with Gasteiger partial charge < -0.3 is 10.3 Å². The van der Waals surface area contributed by atoms with E-state index in [4.69, 9.17) is 0 Å². The zero-order valence-electron chi connectivity index (χ0n) is 15.6. The molecular formula is C20H13F3N6OS. The Morgan fingerprint density at radius 1 is 1.13 bits per heavy atom. The van der Waals surface area contributed by atoms with Crippen LogP contribution in [0, 0.1) is 0 Å². The van der Waals surface area contributed by atoms with Gasteiger partial charge in [-0.25, -0.2) is 14.5 Å². The molecule has 0 fully saturated rings. The predicted octanol–water partition coefficient (Wildman–Crippen LogP) is 4.29. The number of nitrogens with one attached hydrogen (secondary N) is 2. The van der Waals surface area contributed by atoms with Crippen LogP contribution in [0.1, 0.15) is 9.67 Å². The first-order valence-corrected chi connectivity index (χ1v) is 9.96. The van der Waals surface area contributed by atoms with E-state index in [2.05, 4.69) is 20.1 Å². The standard InChI is InChI=1S/C20H13F3N6OS/c21-20(22,23)10-27-19(30)16-4-13(9-31-16)15-7-28-29-8-14(6-26-18(15)29)12-3-11-1-2-24-17(11)25-5-12/h1-9H,10H2,(H,24,25)(H,27,30). The number of alkyl halides is 3. The van der Waals surface area contributed by atoms with Crippen LogP contribution in [0.15, 0.2) is 54.6 Å². The lowest BCUT2D eigenvalue weighted by Crippen LogP contribution is -2.33. The molecule has 0 aliphatic heterocycles. The SMILES string of the molecule is O=C(NCC(F)(F)F)c1cc(-c2cnn3cc(-c4cnc5[nH]ccc5c4)cnc23)cs1. The van der Waals surface area contributed by atoms with Crippen molar-refractivity contribution in [1.82, 2.24) is 29.9 Å². The van der Waals surface area contributed by atoms with Crippen molar-refractivity contribution in [3.05, 3.63) is 59.4 Å². The van der Waals surface area contributed by atoms with Crippen molar-refractivity contribution >= 4 is 33.9 Å². The third kappa shape index (κ3) is 3.75. The van der Waals surface area contributed by atoms with Crippen LogP contribution in [0.2, 0.25) is 0 Å². The zero-order valence-corrected chi connectivity index (χ0v) is 16.5. The number of carbonyl (C=O) groups is 1. The predicted molar refractivity (Wildman–Crippen MR) is 110 cm³/mol. The van der Waals surface area contributed by atoms with Gasteiger partial charge >= 0.3 is 6.18 Å². The van der Waals surface area contributed by atoms with E-state index in [1.807, 2.05) is 29.8 Å². The topological polar surface area (TPSA) is 88.0 Å². The number of aromatic amines is 1. The summed E-state index contributed by atoms with van der Waals surface area (Å²) in [4.78, 5) is 24.1. The molecule has 5 aromatic rings. The number of fused-ring (bicyclic) bond motifs is 2. The van der Waals surface area contributed by atoms with E-state index < -0.39 is 18.6 Å². The summed E-state index contributed by atoms with van der Waals surface area (Å²) in [5, 5.41) is 8.89. The van der Waals surface area contributed by atoms with Crippen LogP contribution in [0.5, 0.6) is 0 Å². The fourth-order valence-electron chi connectivity index (χ4n) is 3.19. The Hall–Kier alpha value is -3.73. The Bertz CT molecular complexity index is 1420. The van der Waals surface area contributed by atoms with Crippen molar-refractivity contribution in [2.45, 2.75) is 6.18 Å². The first kappa shape index (κ1) is 19.2. The van der Waals surface area contributed by atoms with E-state index in [0.29, 0.717) is 16.8 Å². The quantitative estimate of drug-likeness (QED) is 0.435. The molecule has 0 unspecified atom stereocenters. The number of halogens is 3. The third-order valence-corrected chi connectivity index (χ3v) is 5.60. The summed E-state index contributed by atoms with van der Waals surface area (Å²) in [6.45, 7) is -1.37. The minimum Gasteiger partial charge on any atom is -0.346 e. The van der Waals surface area contributed by atoms with Gasteiger partial charge in [-0.1, -0.05) is 0 Å². The molecule has 7 nitrogen and oxygen atoms in total. The fraction of sp³-hybridized carbons (Fsp3) is 0.100. The molecule has 0 bridgehead atoms. The Labute approximate surface area is 176 Å². The Kier molecular flexibility index (Phi) is 4.47. The summed E-state index contributed by atoms with van der Waals surface area (Å²) in [6, 6.07) is 5.46. The number of amides is 1. The summed E-state index contributed by atoms with van der Waals surface area (Å²) in [6.07, 6.45) is 4.25. The van der Waals surface area contributed by atoms with Crippen LogP contribution in [-0.4, -0.2) is 43.2 Å². The van der Waals surface area contributed by atoms with Crippen molar-refractivity contribution in [3.8, 4) is 22.3 Å². The van der Waals surface area contributed by atoms with Gasteiger partial charge in [0.05, 0.1) is 11.1 Å². The smallest absolute Gasteiger partial charge is 0.346 e. The largest absolute Gasteiger partial charge is 0.405 e. The molecule has 2 N–H and O–H groups in total. The van der Waals surface area contributed by atoms with Gasteiger partial charge in [-0.3, -0.25) is 4.79 Å². The number of aromatic nitrogens is 5. The lowest BCUT2D eigenvalue weighted by molar-refractivity contribution is -0.123. The highest BCUT2D eigenvalue weighted by molar-refractivity contribution is 7.12. The van der Waals surface area contributed by atoms with Gasteiger partial charge in [0.2, 0.25) is 0 Å². The highest BCUT2D eigenvalue weighted by atomic mass is 32.1. The molecule has 0 spiro atoms. The highest BCUT2D eigenvalue weighted by Gasteiger charge is 2.28. The molecule has 0 radical (unpaired) electrons. The number of hydrogen-bond donors (Lipinski definition) is 2. The molecule has 31 heavy (non-hydrogen) atoms. The second kappa shape index (κ2) is 7.20. The number of pyridine rings is 1. The van der Waals surface area contributed by atoms with Crippen LogP contribution < -0.4 is 5.32 Å². The van der Waals surface area contributed by atoms with Crippen LogP contribution in [-0.2, 0) is 0 Å². The average Bonchev–Trinajstić information content (AvgIpc) is 3.48. The molecule has 0 saturated heterocycles. The van der Waals surface area contributed by atoms with Crippen LogP contribution in [0.4, 0.5) is 13.2 Å². The molecule has 5 aromatic heterocycles. The monoisotopic (exact) mass is 442 g/mol. The van der Waals surface area contributed by atoms with Crippen molar-refractivity contribution in [2.24, 2.45) is 0 Å². The lowest BCUT2D eigenvalue weighted by Gasteiger charge is -2.06. The van der Waals surface area contributed by atoms with Crippen molar-refractivity contribution < 1.29 is 18.0 Å². The number of H-pyrrole nitrogens is 1. The Morgan fingerprint density at radius 3 is 2.81 bits per heavy atom. The summed E-state index contributed by atoms with van der Waals surface area (Å²) in [5.41, 5.74) is 4.42. The Morgan fingerprint density at radius 2 is 1.97 bits per heavy atom. The van der Waals surface area contributed by atoms with Crippen LogP contribution >= 0.6 is 11.3 Å². The molecule has 5 rings (SSSR count). The fourth-order valence-corrected chi connectivity index (χ4v) is 4.01. The second-order valence-electron chi connectivity index (χ2n) is 6.81. The van der Waals surface area contributed by atoms with E-state index in [1.54, 1.807) is 28.5 Å². The zero-order chi connectivity index (χ0) is 21.6. The van der Waals surface area contributed by atoms with E-state index in [0.717, 1.165) is 33.5 Å². The molecule has 0 aromatic carbocycles. The number of rotatable bonds is 4. The molecule has 0 atom stereocenters. The number of hydrogen-bond acceptors (Lipinski definition) is 5. The molecule has 0 saturated carbocycles. The van der Waals surface area contributed by atoms with Crippen molar-refractivity contribution in [2.75, 3.05) is 6.54 Å². The molecule has 1 amide bonds. The first-order chi connectivity index (χ1) is 14.9. The summed E-state index contributed by atoms with van der Waals surface area (Å²) in [5.74, 6) is -0.770. The average molecular weight is 442 g/mol. The normalized spacial score (nSPS) is 12.0. The van der Waals surface area contributed by atoms with Gasteiger partial charge in [0.1, 0.15) is 12.2 Å². The first-order valence-electron chi connectivity index (χ1n) is 9.08. The van der Waals surface area contributed by atoms with Gasteiger partial charge in [-0.2, -0.15) is 18.3 Å². The minimum atomic E-state index is -4.46. The van der Waals surface area contributed by atoms with Gasteiger partial charge in [-0.05, 0) is 29.1 Å². The second-order valence-corrected chi connectivity index (χ2v) is 7.72. The molecular weight excluding hydrogens is 429 g/mol. The summed E-state index contributed by atoms with van der Waals surface area (Å²) >= 11 is 1.06. The van der Waals surface area contributed by atoms with E-state index in [1.165, 1.54) is 6.07 Å². The molecule has 5 heterocycles. The molecule has 0 aliphatic rings. The molecule has 11 heteroatoms. The maximum absolute atomic E-state index is 12.3. The number of carbonyl (C=O) groups excluding carboxylic acids is 1. The number of nitrogens with zero attached hydrogens (tertiary/aromatic N) is 4. The van der Waals surface area contributed by atoms with E-state index in [9.17, 15) is 18.0 Å². The van der Waals surface area contributed by atoms with Crippen LogP contribution in [0.25, 0.3) is 38.9 Å². The Balaban J connectivity index is 1.43. The molecule has 156 valence electrons. The van der Waals surface area contributed by atoms with Crippen LogP contribution in [0.3, 0.4) is 0 Å². The van der Waals surface area contributed by atoms with E-state index in [-0.39, 0.29) is 4.88 Å². The number of thiophene rings is 1. The highest BCUT2D eigenvalue weighted by Crippen LogP contribution is 2.30. The maximum Gasteiger partial charge on any atom is 0.405 e.